The first-order chi connectivity index (χ1) is 12.9. The van der Waals surface area contributed by atoms with Crippen molar-refractivity contribution < 1.29 is 4.79 Å². The van der Waals surface area contributed by atoms with Gasteiger partial charge in [-0.15, -0.1) is 0 Å². The van der Waals surface area contributed by atoms with E-state index in [2.05, 4.69) is 20.5 Å². The Kier molecular flexibility index (Phi) is 4.16. The van der Waals surface area contributed by atoms with Crippen LogP contribution in [0.4, 0.5) is 5.69 Å². The highest BCUT2D eigenvalue weighted by Gasteiger charge is 2.13. The molecule has 0 saturated heterocycles. The zero-order valence-corrected chi connectivity index (χ0v) is 15.8. The van der Waals surface area contributed by atoms with Crippen LogP contribution in [0.5, 0.6) is 0 Å². The molecule has 1 amide bonds. The Morgan fingerprint density at radius 3 is 2.67 bits per heavy atom. The maximum atomic E-state index is 12.7. The summed E-state index contributed by atoms with van der Waals surface area (Å²) in [5, 5.41) is 12.2. The first-order valence-corrected chi connectivity index (χ1v) is 8.77. The van der Waals surface area contributed by atoms with E-state index in [-0.39, 0.29) is 5.91 Å². The first-order valence-electron chi connectivity index (χ1n) is 8.39. The van der Waals surface area contributed by atoms with Crippen molar-refractivity contribution in [3.05, 3.63) is 70.4 Å². The molecule has 3 heterocycles. The van der Waals surface area contributed by atoms with Gasteiger partial charge in [-0.05, 0) is 51.1 Å². The van der Waals surface area contributed by atoms with Crippen molar-refractivity contribution in [2.75, 3.05) is 5.32 Å². The van der Waals surface area contributed by atoms with Gasteiger partial charge in [-0.2, -0.15) is 10.2 Å². The summed E-state index contributed by atoms with van der Waals surface area (Å²) in [6.07, 6.45) is 1.73. The smallest absolute Gasteiger partial charge is 0.255 e. The highest BCUT2D eigenvalue weighted by molar-refractivity contribution is 6.31. The lowest BCUT2D eigenvalue weighted by molar-refractivity contribution is 0.102. The van der Waals surface area contributed by atoms with Gasteiger partial charge < -0.3 is 5.32 Å². The molecule has 0 aliphatic rings. The molecule has 0 radical (unpaired) electrons. The normalized spacial score (nSPS) is 11.1. The number of hydrogen-bond donors (Lipinski definition) is 1. The number of anilines is 1. The van der Waals surface area contributed by atoms with Gasteiger partial charge in [0.05, 0.1) is 34.0 Å². The number of aryl methyl sites for hydroxylation is 2. The summed E-state index contributed by atoms with van der Waals surface area (Å²) in [6, 6.07) is 10.8. The molecule has 4 rings (SSSR count). The second-order valence-corrected chi connectivity index (χ2v) is 6.66. The predicted molar refractivity (Wildman–Crippen MR) is 104 cm³/mol. The summed E-state index contributed by atoms with van der Waals surface area (Å²) in [5.41, 5.74) is 4.24. The molecule has 0 bridgehead atoms. The number of halogens is 1. The fourth-order valence-electron chi connectivity index (χ4n) is 2.93. The number of amides is 1. The van der Waals surface area contributed by atoms with Crippen molar-refractivity contribution >= 4 is 28.8 Å². The van der Waals surface area contributed by atoms with Crippen LogP contribution in [0.2, 0.25) is 5.02 Å². The second kappa shape index (κ2) is 6.51. The summed E-state index contributed by atoms with van der Waals surface area (Å²) in [7, 11) is 0. The Hall–Kier alpha value is -3.19. The molecule has 4 aromatic rings. The summed E-state index contributed by atoms with van der Waals surface area (Å²) in [4.78, 5) is 17.0. The van der Waals surface area contributed by atoms with Gasteiger partial charge in [-0.25, -0.2) is 14.2 Å². The summed E-state index contributed by atoms with van der Waals surface area (Å²) >= 11 is 6.23. The molecule has 0 aliphatic heterocycles. The summed E-state index contributed by atoms with van der Waals surface area (Å²) in [6.45, 7) is 5.57. The van der Waals surface area contributed by atoms with Crippen molar-refractivity contribution in [1.82, 2.24) is 24.4 Å². The molecule has 0 atom stereocenters. The maximum absolute atomic E-state index is 12.7. The number of aromatic nitrogens is 5. The van der Waals surface area contributed by atoms with Crippen LogP contribution < -0.4 is 5.32 Å². The van der Waals surface area contributed by atoms with Crippen LogP contribution >= 0.6 is 11.6 Å². The van der Waals surface area contributed by atoms with Crippen molar-refractivity contribution in [1.29, 1.82) is 0 Å². The van der Waals surface area contributed by atoms with Crippen LogP contribution in [0.25, 0.3) is 11.3 Å². The fourth-order valence-corrected chi connectivity index (χ4v) is 3.04. The molecule has 0 aliphatic carbocycles. The monoisotopic (exact) mass is 380 g/mol. The van der Waals surface area contributed by atoms with E-state index in [1.54, 1.807) is 33.6 Å². The Balaban J connectivity index is 1.62. The maximum Gasteiger partial charge on any atom is 0.255 e. The van der Waals surface area contributed by atoms with Crippen molar-refractivity contribution in [3.63, 3.8) is 0 Å². The van der Waals surface area contributed by atoms with Crippen LogP contribution in [-0.4, -0.2) is 30.3 Å². The minimum Gasteiger partial charge on any atom is -0.321 e. The molecule has 0 saturated carbocycles. The van der Waals surface area contributed by atoms with Crippen LogP contribution in [-0.2, 0) is 0 Å². The Labute approximate surface area is 160 Å². The van der Waals surface area contributed by atoms with Gasteiger partial charge in [0.2, 0.25) is 0 Å². The molecule has 8 heteroatoms. The van der Waals surface area contributed by atoms with Crippen LogP contribution in [0, 0.1) is 20.8 Å². The third-order valence-electron chi connectivity index (χ3n) is 4.25. The molecule has 136 valence electrons. The number of nitrogens with zero attached hydrogens (tertiary/aromatic N) is 5. The van der Waals surface area contributed by atoms with Crippen LogP contribution in [0.15, 0.2) is 42.6 Å². The van der Waals surface area contributed by atoms with Gasteiger partial charge in [0.15, 0.2) is 5.65 Å². The van der Waals surface area contributed by atoms with E-state index in [1.807, 2.05) is 39.0 Å². The van der Waals surface area contributed by atoms with E-state index in [4.69, 9.17) is 11.6 Å². The standard InChI is InChI=1S/C19H17ClN6O/c1-11-18(20)12(2)26(23-11)16-6-4-5-14(9-16)19(27)22-15-7-8-17-21-13(3)24-25(17)10-15/h4-10H,1-3H3,(H,22,27). The van der Waals surface area contributed by atoms with Gasteiger partial charge in [0.1, 0.15) is 5.82 Å². The predicted octanol–water partition coefficient (Wildman–Crippen LogP) is 3.75. The summed E-state index contributed by atoms with van der Waals surface area (Å²) in [5.74, 6) is 0.454. The molecule has 0 unspecified atom stereocenters. The lowest BCUT2D eigenvalue weighted by Crippen LogP contribution is -2.13. The topological polar surface area (TPSA) is 77.1 Å². The molecule has 1 N–H and O–H groups in total. The Morgan fingerprint density at radius 2 is 1.93 bits per heavy atom. The van der Waals surface area contributed by atoms with Gasteiger partial charge >= 0.3 is 0 Å². The molecule has 3 aromatic heterocycles. The van der Waals surface area contributed by atoms with Gasteiger partial charge in [-0.3, -0.25) is 4.79 Å². The number of benzene rings is 1. The number of fused-ring (bicyclic) bond motifs is 1. The number of carbonyl (C=O) groups is 1. The molecular formula is C19H17ClN6O. The number of carbonyl (C=O) groups excluding carboxylic acids is 1. The third-order valence-corrected chi connectivity index (χ3v) is 4.80. The molecule has 1 aromatic carbocycles. The van der Waals surface area contributed by atoms with Crippen molar-refractivity contribution in [2.45, 2.75) is 20.8 Å². The number of hydrogen-bond acceptors (Lipinski definition) is 4. The zero-order chi connectivity index (χ0) is 19.1. The van der Waals surface area contributed by atoms with Gasteiger partial charge in [0, 0.05) is 5.56 Å². The van der Waals surface area contributed by atoms with Crippen LogP contribution in [0.1, 0.15) is 27.6 Å². The van der Waals surface area contributed by atoms with E-state index in [0.717, 1.165) is 22.7 Å². The van der Waals surface area contributed by atoms with E-state index >= 15 is 0 Å². The average molecular weight is 381 g/mol. The molecule has 7 nitrogen and oxygen atoms in total. The number of nitrogens with one attached hydrogen (secondary N) is 1. The third kappa shape index (κ3) is 3.17. The van der Waals surface area contributed by atoms with Gasteiger partial charge in [-0.1, -0.05) is 17.7 Å². The average Bonchev–Trinajstić information content (AvgIpc) is 3.15. The summed E-state index contributed by atoms with van der Waals surface area (Å²) < 4.78 is 3.37. The van der Waals surface area contributed by atoms with Crippen molar-refractivity contribution in [3.8, 4) is 5.69 Å². The second-order valence-electron chi connectivity index (χ2n) is 6.28. The minimum atomic E-state index is -0.222. The van der Waals surface area contributed by atoms with E-state index < -0.39 is 0 Å². The highest BCUT2D eigenvalue weighted by Crippen LogP contribution is 2.23. The zero-order valence-electron chi connectivity index (χ0n) is 15.1. The van der Waals surface area contributed by atoms with Gasteiger partial charge in [0.25, 0.3) is 5.91 Å². The quantitative estimate of drug-likeness (QED) is 0.587. The van der Waals surface area contributed by atoms with Crippen LogP contribution in [0.3, 0.4) is 0 Å². The van der Waals surface area contributed by atoms with Crippen molar-refractivity contribution in [2.24, 2.45) is 0 Å². The lowest BCUT2D eigenvalue weighted by Gasteiger charge is -2.08. The number of pyridine rings is 1. The largest absolute Gasteiger partial charge is 0.321 e. The molecule has 27 heavy (non-hydrogen) atoms. The molecule has 0 fully saturated rings. The van der Waals surface area contributed by atoms with E-state index in [1.165, 1.54) is 0 Å². The number of rotatable bonds is 3. The fraction of sp³-hybridized carbons (Fsp3) is 0.158. The Morgan fingerprint density at radius 1 is 1.11 bits per heavy atom. The highest BCUT2D eigenvalue weighted by atomic mass is 35.5. The molecular weight excluding hydrogens is 364 g/mol. The first kappa shape index (κ1) is 17.2. The SMILES string of the molecule is Cc1nc2ccc(NC(=O)c3cccc(-n4nc(C)c(Cl)c4C)c3)cn2n1. The minimum absolute atomic E-state index is 0.222. The lowest BCUT2D eigenvalue weighted by atomic mass is 10.2. The van der Waals surface area contributed by atoms with E-state index in [9.17, 15) is 4.79 Å². The van der Waals surface area contributed by atoms with E-state index in [0.29, 0.717) is 22.1 Å². The Bertz CT molecular complexity index is 1180. The molecule has 0 spiro atoms.